The maximum absolute atomic E-state index is 11.9. The number of hydrogen-bond donors (Lipinski definition) is 1. The summed E-state index contributed by atoms with van der Waals surface area (Å²) in [5.74, 6) is 0.0430. The van der Waals surface area contributed by atoms with Crippen molar-refractivity contribution in [2.24, 2.45) is 11.3 Å². The number of hydrogen-bond acceptors (Lipinski definition) is 3. The standard InChI is InChI=1S/C12H21NO2/c1-11(2,3)15-10(14)9-6-12(4-5-12)8-13-7-9/h9,13H,4-8H2,1-3H3. The Hall–Kier alpha value is -0.570. The Morgan fingerprint density at radius 2 is 2.07 bits per heavy atom. The summed E-state index contributed by atoms with van der Waals surface area (Å²) in [7, 11) is 0. The van der Waals surface area contributed by atoms with Crippen molar-refractivity contribution in [1.29, 1.82) is 0 Å². The molecule has 0 bridgehead atoms. The third kappa shape index (κ3) is 2.71. The van der Waals surface area contributed by atoms with Gasteiger partial charge in [0.05, 0.1) is 5.92 Å². The van der Waals surface area contributed by atoms with E-state index in [9.17, 15) is 4.79 Å². The summed E-state index contributed by atoms with van der Waals surface area (Å²) >= 11 is 0. The monoisotopic (exact) mass is 211 g/mol. The first-order chi connectivity index (χ1) is 6.90. The van der Waals surface area contributed by atoms with Gasteiger partial charge in [-0.25, -0.2) is 0 Å². The Bertz CT molecular complexity index is 263. The molecule has 0 radical (unpaired) electrons. The number of nitrogens with one attached hydrogen (secondary N) is 1. The molecule has 1 unspecified atom stereocenters. The second-order valence-electron chi connectivity index (χ2n) is 6.07. The summed E-state index contributed by atoms with van der Waals surface area (Å²) in [5, 5.41) is 3.35. The van der Waals surface area contributed by atoms with Gasteiger partial charge in [-0.05, 0) is 45.4 Å². The number of ether oxygens (including phenoxy) is 1. The second-order valence-corrected chi connectivity index (χ2v) is 6.07. The van der Waals surface area contributed by atoms with E-state index in [1.165, 1.54) is 12.8 Å². The lowest BCUT2D eigenvalue weighted by Crippen LogP contribution is -2.43. The molecule has 1 atom stereocenters. The highest BCUT2D eigenvalue weighted by molar-refractivity contribution is 5.73. The lowest BCUT2D eigenvalue weighted by Gasteiger charge is -2.31. The van der Waals surface area contributed by atoms with Crippen LogP contribution in [-0.2, 0) is 9.53 Å². The average Bonchev–Trinajstić information content (AvgIpc) is 2.82. The van der Waals surface area contributed by atoms with E-state index in [1.54, 1.807) is 0 Å². The first-order valence-corrected chi connectivity index (χ1v) is 5.84. The van der Waals surface area contributed by atoms with Gasteiger partial charge in [0, 0.05) is 13.1 Å². The van der Waals surface area contributed by atoms with Crippen LogP contribution >= 0.6 is 0 Å². The maximum Gasteiger partial charge on any atom is 0.310 e. The molecule has 1 N–H and O–H groups in total. The van der Waals surface area contributed by atoms with Crippen molar-refractivity contribution in [1.82, 2.24) is 5.32 Å². The minimum atomic E-state index is -0.356. The molecule has 1 heterocycles. The van der Waals surface area contributed by atoms with Gasteiger partial charge >= 0.3 is 5.97 Å². The van der Waals surface area contributed by atoms with Crippen molar-refractivity contribution in [3.05, 3.63) is 0 Å². The van der Waals surface area contributed by atoms with E-state index < -0.39 is 0 Å². The van der Waals surface area contributed by atoms with Gasteiger partial charge in [0.25, 0.3) is 0 Å². The van der Waals surface area contributed by atoms with Crippen LogP contribution in [-0.4, -0.2) is 24.7 Å². The smallest absolute Gasteiger partial charge is 0.310 e. The molecule has 1 aliphatic carbocycles. The minimum absolute atomic E-state index is 0.0269. The van der Waals surface area contributed by atoms with Gasteiger partial charge in [0.1, 0.15) is 5.60 Å². The van der Waals surface area contributed by atoms with Crippen LogP contribution in [0, 0.1) is 11.3 Å². The van der Waals surface area contributed by atoms with Crippen molar-refractivity contribution >= 4 is 5.97 Å². The zero-order chi connectivity index (χ0) is 11.1. The Morgan fingerprint density at radius 1 is 1.40 bits per heavy atom. The van der Waals surface area contributed by atoms with Crippen molar-refractivity contribution in [2.75, 3.05) is 13.1 Å². The number of rotatable bonds is 1. The Kier molecular flexibility index (Phi) is 2.53. The van der Waals surface area contributed by atoms with Crippen molar-refractivity contribution in [2.45, 2.75) is 45.6 Å². The van der Waals surface area contributed by atoms with Crippen molar-refractivity contribution < 1.29 is 9.53 Å². The molecule has 2 aliphatic rings. The Morgan fingerprint density at radius 3 is 2.60 bits per heavy atom. The molecule has 0 amide bonds. The van der Waals surface area contributed by atoms with Gasteiger partial charge in [-0.2, -0.15) is 0 Å². The molecule has 0 aromatic rings. The highest BCUT2D eigenvalue weighted by Gasteiger charge is 2.48. The van der Waals surface area contributed by atoms with Gasteiger partial charge in [-0.15, -0.1) is 0 Å². The molecule has 3 nitrogen and oxygen atoms in total. The zero-order valence-corrected chi connectivity index (χ0v) is 9.93. The highest BCUT2D eigenvalue weighted by Crippen LogP contribution is 2.51. The third-order valence-corrected chi connectivity index (χ3v) is 3.27. The molecule has 1 saturated carbocycles. The molecule has 0 aromatic carbocycles. The molecular weight excluding hydrogens is 190 g/mol. The van der Waals surface area contributed by atoms with E-state index in [0.717, 1.165) is 19.5 Å². The van der Waals surface area contributed by atoms with Crippen molar-refractivity contribution in [3.63, 3.8) is 0 Å². The van der Waals surface area contributed by atoms with E-state index in [-0.39, 0.29) is 17.5 Å². The SMILES string of the molecule is CC(C)(C)OC(=O)C1CNCC2(CC2)C1. The molecule has 1 aliphatic heterocycles. The molecule has 15 heavy (non-hydrogen) atoms. The molecule has 1 spiro atoms. The summed E-state index contributed by atoms with van der Waals surface area (Å²) in [6.07, 6.45) is 3.58. The third-order valence-electron chi connectivity index (χ3n) is 3.27. The average molecular weight is 211 g/mol. The van der Waals surface area contributed by atoms with E-state index in [0.29, 0.717) is 5.41 Å². The maximum atomic E-state index is 11.9. The van der Waals surface area contributed by atoms with Gasteiger partial charge in [-0.3, -0.25) is 4.79 Å². The predicted octanol–water partition coefficient (Wildman–Crippen LogP) is 1.72. The number of carbonyl (C=O) groups excluding carboxylic acids is 1. The van der Waals surface area contributed by atoms with Crippen LogP contribution in [0.4, 0.5) is 0 Å². The van der Waals surface area contributed by atoms with E-state index in [1.807, 2.05) is 20.8 Å². The van der Waals surface area contributed by atoms with E-state index >= 15 is 0 Å². The van der Waals surface area contributed by atoms with E-state index in [4.69, 9.17) is 4.74 Å². The summed E-state index contributed by atoms with van der Waals surface area (Å²) < 4.78 is 5.42. The zero-order valence-electron chi connectivity index (χ0n) is 9.93. The normalized spacial score (nSPS) is 28.9. The van der Waals surface area contributed by atoms with Crippen LogP contribution in [0.1, 0.15) is 40.0 Å². The molecule has 3 heteroatoms. The van der Waals surface area contributed by atoms with Gasteiger partial charge < -0.3 is 10.1 Å². The number of carbonyl (C=O) groups is 1. The fourth-order valence-electron chi connectivity index (χ4n) is 2.29. The predicted molar refractivity (Wildman–Crippen MR) is 58.5 cm³/mol. The largest absolute Gasteiger partial charge is 0.460 e. The van der Waals surface area contributed by atoms with Crippen LogP contribution in [0.15, 0.2) is 0 Å². The summed E-state index contributed by atoms with van der Waals surface area (Å²) in [5.41, 5.74) is 0.0884. The number of esters is 1. The lowest BCUT2D eigenvalue weighted by atomic mass is 9.88. The first-order valence-electron chi connectivity index (χ1n) is 5.84. The number of piperidine rings is 1. The summed E-state index contributed by atoms with van der Waals surface area (Å²) in [6, 6.07) is 0. The van der Waals surface area contributed by atoms with Crippen LogP contribution in [0.5, 0.6) is 0 Å². The Labute approximate surface area is 91.6 Å². The van der Waals surface area contributed by atoms with Crippen molar-refractivity contribution in [3.8, 4) is 0 Å². The molecule has 2 fully saturated rings. The van der Waals surface area contributed by atoms with E-state index in [2.05, 4.69) is 5.32 Å². The molecule has 1 saturated heterocycles. The fourth-order valence-corrected chi connectivity index (χ4v) is 2.29. The first kappa shape index (κ1) is 10.9. The molecule has 2 rings (SSSR count). The van der Waals surface area contributed by atoms with Gasteiger partial charge in [0.2, 0.25) is 0 Å². The molecule has 86 valence electrons. The lowest BCUT2D eigenvalue weighted by molar-refractivity contribution is -0.161. The highest BCUT2D eigenvalue weighted by atomic mass is 16.6. The minimum Gasteiger partial charge on any atom is -0.460 e. The Balaban J connectivity index is 1.90. The van der Waals surface area contributed by atoms with Gasteiger partial charge in [0.15, 0.2) is 0 Å². The van der Waals surface area contributed by atoms with Crippen LogP contribution in [0.2, 0.25) is 0 Å². The fraction of sp³-hybridized carbons (Fsp3) is 0.917. The second kappa shape index (κ2) is 3.48. The summed E-state index contributed by atoms with van der Waals surface area (Å²) in [4.78, 5) is 11.9. The molecule has 0 aromatic heterocycles. The quantitative estimate of drug-likeness (QED) is 0.671. The topological polar surface area (TPSA) is 38.3 Å². The van der Waals surface area contributed by atoms with Gasteiger partial charge in [-0.1, -0.05) is 0 Å². The van der Waals surface area contributed by atoms with Crippen LogP contribution in [0.25, 0.3) is 0 Å². The molecular formula is C12H21NO2. The van der Waals surface area contributed by atoms with Crippen LogP contribution < -0.4 is 5.32 Å². The summed E-state index contributed by atoms with van der Waals surface area (Å²) in [6.45, 7) is 7.65. The van der Waals surface area contributed by atoms with Crippen LogP contribution in [0.3, 0.4) is 0 Å².